The van der Waals surface area contributed by atoms with Gasteiger partial charge in [0.2, 0.25) is 0 Å². The number of rotatable bonds is 36. The number of hydrogen-bond acceptors (Lipinski definition) is 2. The molecule has 292 valence electrons. The molecule has 49 heavy (non-hydrogen) atoms. The molecule has 0 aliphatic heterocycles. The van der Waals surface area contributed by atoms with Gasteiger partial charge in [-0.25, -0.2) is 0 Å². The highest BCUT2D eigenvalue weighted by Crippen LogP contribution is 2.25. The van der Waals surface area contributed by atoms with Crippen molar-refractivity contribution in [2.75, 3.05) is 27.7 Å². The van der Waals surface area contributed by atoms with Gasteiger partial charge >= 0.3 is 0 Å². The Morgan fingerprint density at radius 1 is 0.490 bits per heavy atom. The van der Waals surface area contributed by atoms with E-state index in [9.17, 15) is 5.11 Å². The fourth-order valence-corrected chi connectivity index (χ4v) is 7.08. The second-order valence-corrected chi connectivity index (χ2v) is 17.8. The maximum atomic E-state index is 10.8. The van der Waals surface area contributed by atoms with E-state index < -0.39 is 6.29 Å². The van der Waals surface area contributed by atoms with Crippen LogP contribution >= 0.6 is 0 Å². The maximum Gasteiger partial charge on any atom is 0.155 e. The number of ether oxygens (including phenoxy) is 1. The second kappa shape index (κ2) is 33.2. The van der Waals surface area contributed by atoms with Crippen molar-refractivity contribution in [1.82, 2.24) is 0 Å². The van der Waals surface area contributed by atoms with Crippen LogP contribution in [0.5, 0.6) is 0 Å². The molecule has 0 saturated carbocycles. The normalized spacial score (nSPS) is 15.8. The Hall–Kier alpha value is -0.640. The highest BCUT2D eigenvalue weighted by molar-refractivity contribution is 4.92. The second-order valence-electron chi connectivity index (χ2n) is 17.8. The Balaban J connectivity index is 4.31. The van der Waals surface area contributed by atoms with E-state index in [2.05, 4.69) is 87.0 Å². The fourth-order valence-electron chi connectivity index (χ4n) is 7.08. The molecule has 0 bridgehead atoms. The summed E-state index contributed by atoms with van der Waals surface area (Å²) in [5.74, 6) is 3.35. The van der Waals surface area contributed by atoms with Gasteiger partial charge in [0.05, 0.1) is 33.8 Å². The standard InChI is InChI=1S/C46H92NO2/c1-10-11-12-13-14-15-16-17-18-19-20-21-22-23-24-25-36-45(49-46(48)37-29-40-47(7,8)9)39-38-44(6)35-28-34-43(5)33-27-32-42(4)31-26-30-41(2)3/h14-15,17-18,41-46,48H,10-13,16,19-40H2,1-9H3/q+1/b15-14-,18-17-/t42?,43?,44?,45?,46-/m0/s1. The largest absolute Gasteiger partial charge is 0.368 e. The van der Waals surface area contributed by atoms with Crippen LogP contribution in [0.3, 0.4) is 0 Å². The third kappa shape index (κ3) is 36.9. The predicted molar refractivity (Wildman–Crippen MR) is 220 cm³/mol. The van der Waals surface area contributed by atoms with E-state index in [1.807, 2.05) is 0 Å². The fraction of sp³-hybridized carbons (Fsp3) is 0.913. The van der Waals surface area contributed by atoms with Gasteiger partial charge in [0.25, 0.3) is 0 Å². The number of unbranched alkanes of at least 4 members (excludes halogenated alkanes) is 9. The number of aliphatic hydroxyl groups excluding tert-OH is 1. The molecule has 3 heteroatoms. The van der Waals surface area contributed by atoms with Crippen LogP contribution in [0.2, 0.25) is 0 Å². The van der Waals surface area contributed by atoms with Crippen LogP contribution in [-0.4, -0.2) is 49.7 Å². The van der Waals surface area contributed by atoms with E-state index in [0.29, 0.717) is 0 Å². The molecule has 0 amide bonds. The molecule has 1 N–H and O–H groups in total. The molecule has 0 saturated heterocycles. The molecular weight excluding hydrogens is 599 g/mol. The monoisotopic (exact) mass is 691 g/mol. The van der Waals surface area contributed by atoms with Crippen molar-refractivity contribution >= 4 is 0 Å². The molecule has 5 atom stereocenters. The minimum atomic E-state index is -0.616. The zero-order chi connectivity index (χ0) is 36.6. The summed E-state index contributed by atoms with van der Waals surface area (Å²) in [5, 5.41) is 10.8. The summed E-state index contributed by atoms with van der Waals surface area (Å²) in [7, 11) is 6.67. The van der Waals surface area contributed by atoms with E-state index in [4.69, 9.17) is 4.74 Å². The van der Waals surface area contributed by atoms with Gasteiger partial charge in [-0.3, -0.25) is 0 Å². The topological polar surface area (TPSA) is 29.5 Å². The van der Waals surface area contributed by atoms with Crippen molar-refractivity contribution in [1.29, 1.82) is 0 Å². The average Bonchev–Trinajstić information content (AvgIpc) is 3.02. The minimum absolute atomic E-state index is 0.203. The smallest absolute Gasteiger partial charge is 0.155 e. The van der Waals surface area contributed by atoms with Crippen LogP contribution in [0.15, 0.2) is 24.3 Å². The first-order valence-electron chi connectivity index (χ1n) is 21.9. The quantitative estimate of drug-likeness (QED) is 0.0307. The molecule has 0 aromatic heterocycles. The Morgan fingerprint density at radius 3 is 1.51 bits per heavy atom. The summed E-state index contributed by atoms with van der Waals surface area (Å²) in [5.41, 5.74) is 0. The molecule has 0 rings (SSSR count). The highest BCUT2D eigenvalue weighted by Gasteiger charge is 2.18. The van der Waals surface area contributed by atoms with Crippen LogP contribution in [0.1, 0.15) is 208 Å². The van der Waals surface area contributed by atoms with Crippen molar-refractivity contribution in [3.63, 3.8) is 0 Å². The van der Waals surface area contributed by atoms with E-state index >= 15 is 0 Å². The van der Waals surface area contributed by atoms with Crippen LogP contribution in [0, 0.1) is 23.7 Å². The Kier molecular flexibility index (Phi) is 32.8. The summed E-state index contributed by atoms with van der Waals surface area (Å²) < 4.78 is 7.26. The lowest BCUT2D eigenvalue weighted by molar-refractivity contribution is -0.870. The molecule has 0 fully saturated rings. The van der Waals surface area contributed by atoms with Gasteiger partial charge < -0.3 is 14.3 Å². The van der Waals surface area contributed by atoms with Crippen LogP contribution < -0.4 is 0 Å². The molecule has 0 radical (unpaired) electrons. The number of nitrogens with zero attached hydrogens (tertiary/aromatic N) is 1. The molecule has 0 aromatic carbocycles. The maximum absolute atomic E-state index is 10.8. The molecule has 0 aliphatic carbocycles. The number of aliphatic hydroxyl groups is 1. The molecule has 4 unspecified atom stereocenters. The Bertz CT molecular complexity index is 738. The summed E-state index contributed by atoms with van der Waals surface area (Å²) >= 11 is 0. The first-order chi connectivity index (χ1) is 23.4. The minimum Gasteiger partial charge on any atom is -0.368 e. The van der Waals surface area contributed by atoms with Gasteiger partial charge in [0.15, 0.2) is 6.29 Å². The van der Waals surface area contributed by atoms with Crippen LogP contribution in [-0.2, 0) is 4.74 Å². The lowest BCUT2D eigenvalue weighted by Crippen LogP contribution is -2.36. The van der Waals surface area contributed by atoms with Crippen molar-refractivity contribution in [2.45, 2.75) is 221 Å². The van der Waals surface area contributed by atoms with Crippen molar-refractivity contribution in [3.05, 3.63) is 24.3 Å². The van der Waals surface area contributed by atoms with Gasteiger partial charge in [-0.05, 0) is 75.0 Å². The van der Waals surface area contributed by atoms with E-state index in [0.717, 1.165) is 66.8 Å². The zero-order valence-electron chi connectivity index (χ0n) is 35.2. The number of quaternary nitrogens is 1. The summed E-state index contributed by atoms with van der Waals surface area (Å²) in [6, 6.07) is 0. The predicted octanol–water partition coefficient (Wildman–Crippen LogP) is 14.2. The van der Waals surface area contributed by atoms with Crippen LogP contribution in [0.4, 0.5) is 0 Å². The lowest BCUT2D eigenvalue weighted by Gasteiger charge is -2.26. The van der Waals surface area contributed by atoms with Crippen LogP contribution in [0.25, 0.3) is 0 Å². The molecule has 3 nitrogen and oxygen atoms in total. The molecule has 0 spiro atoms. The van der Waals surface area contributed by atoms with E-state index in [1.165, 1.54) is 135 Å². The zero-order valence-corrected chi connectivity index (χ0v) is 35.2. The SMILES string of the molecule is CCCCC/C=C\C/C=C\CCCCCCCCC(CCC(C)CCCC(C)CCCC(C)CCCC(C)C)O[C@H](O)CCC[N+](C)(C)C. The first-order valence-corrected chi connectivity index (χ1v) is 21.9. The Morgan fingerprint density at radius 2 is 0.980 bits per heavy atom. The summed E-state index contributed by atoms with van der Waals surface area (Å²) in [6.45, 7) is 15.4. The van der Waals surface area contributed by atoms with Gasteiger partial charge in [-0.15, -0.1) is 0 Å². The first kappa shape index (κ1) is 48.4. The van der Waals surface area contributed by atoms with Crippen molar-refractivity contribution < 1.29 is 14.3 Å². The molecular formula is C46H92NO2+. The molecule has 0 aromatic rings. The third-order valence-corrected chi connectivity index (χ3v) is 10.6. The van der Waals surface area contributed by atoms with Crippen molar-refractivity contribution in [3.8, 4) is 0 Å². The van der Waals surface area contributed by atoms with Gasteiger partial charge in [-0.1, -0.05) is 169 Å². The van der Waals surface area contributed by atoms with Gasteiger partial charge in [0, 0.05) is 12.8 Å². The van der Waals surface area contributed by atoms with Gasteiger partial charge in [0.1, 0.15) is 0 Å². The van der Waals surface area contributed by atoms with E-state index in [-0.39, 0.29) is 6.10 Å². The molecule has 0 heterocycles. The lowest BCUT2D eigenvalue weighted by atomic mass is 9.90. The average molecular weight is 691 g/mol. The Labute approximate surface area is 310 Å². The van der Waals surface area contributed by atoms with E-state index in [1.54, 1.807) is 0 Å². The number of hydrogen-bond donors (Lipinski definition) is 1. The summed E-state index contributed by atoms with van der Waals surface area (Å²) in [4.78, 5) is 0. The van der Waals surface area contributed by atoms with Crippen molar-refractivity contribution in [2.24, 2.45) is 23.7 Å². The third-order valence-electron chi connectivity index (χ3n) is 10.6. The summed E-state index contributed by atoms with van der Waals surface area (Å²) in [6.07, 6.45) is 42.1. The number of allylic oxidation sites excluding steroid dienone is 4. The van der Waals surface area contributed by atoms with Gasteiger partial charge in [-0.2, -0.15) is 0 Å². The molecule has 0 aliphatic rings. The highest BCUT2D eigenvalue weighted by atomic mass is 16.6.